The topological polar surface area (TPSA) is 12.9 Å². The number of alkyl halides is 3. The number of pyridine rings is 1. The molecule has 0 aliphatic carbocycles. The van der Waals surface area contributed by atoms with E-state index in [1.807, 2.05) is 0 Å². The summed E-state index contributed by atoms with van der Waals surface area (Å²) in [5, 5.41) is -0.183. The van der Waals surface area contributed by atoms with Crippen LogP contribution < -0.4 is 0 Å². The van der Waals surface area contributed by atoms with Gasteiger partial charge in [0.2, 0.25) is 5.95 Å². The van der Waals surface area contributed by atoms with E-state index in [0.717, 1.165) is 6.07 Å². The standard InChI is InChI=1S/C7H4Cl2F3N/c8-2-3-1-4(9)13-7(12)5(3)6(10)11/h1,6H,2H2. The van der Waals surface area contributed by atoms with E-state index in [9.17, 15) is 13.2 Å². The third-order valence-corrected chi connectivity index (χ3v) is 1.91. The van der Waals surface area contributed by atoms with Crippen LogP contribution in [0.15, 0.2) is 6.07 Å². The molecular formula is C7H4Cl2F3N. The third kappa shape index (κ3) is 2.25. The fourth-order valence-electron chi connectivity index (χ4n) is 0.881. The van der Waals surface area contributed by atoms with Crippen LogP contribution in [0, 0.1) is 5.95 Å². The summed E-state index contributed by atoms with van der Waals surface area (Å²) in [5.74, 6) is -1.49. The third-order valence-electron chi connectivity index (χ3n) is 1.43. The van der Waals surface area contributed by atoms with Crippen molar-refractivity contribution >= 4 is 23.2 Å². The van der Waals surface area contributed by atoms with E-state index < -0.39 is 17.9 Å². The van der Waals surface area contributed by atoms with E-state index in [2.05, 4.69) is 4.98 Å². The molecule has 0 bridgehead atoms. The van der Waals surface area contributed by atoms with Gasteiger partial charge in [0.1, 0.15) is 5.15 Å². The molecule has 0 aromatic carbocycles. The number of aromatic nitrogens is 1. The van der Waals surface area contributed by atoms with E-state index in [4.69, 9.17) is 23.2 Å². The zero-order chi connectivity index (χ0) is 10.0. The Hall–Kier alpha value is -0.480. The summed E-state index contributed by atoms with van der Waals surface area (Å²) in [6, 6.07) is 1.12. The minimum Gasteiger partial charge on any atom is -0.207 e. The Morgan fingerprint density at radius 1 is 1.46 bits per heavy atom. The van der Waals surface area contributed by atoms with E-state index in [-0.39, 0.29) is 16.6 Å². The summed E-state index contributed by atoms with van der Waals surface area (Å²) in [6.07, 6.45) is -2.93. The molecule has 1 aromatic rings. The van der Waals surface area contributed by atoms with E-state index in [1.165, 1.54) is 0 Å². The molecule has 1 rings (SSSR count). The number of hydrogen-bond acceptors (Lipinski definition) is 1. The van der Waals surface area contributed by atoms with Crippen molar-refractivity contribution in [3.8, 4) is 0 Å². The Bertz CT molecular complexity index is 317. The number of rotatable bonds is 2. The highest BCUT2D eigenvalue weighted by atomic mass is 35.5. The van der Waals surface area contributed by atoms with E-state index in [1.54, 1.807) is 0 Å². The molecule has 72 valence electrons. The van der Waals surface area contributed by atoms with Gasteiger partial charge in [0.25, 0.3) is 6.43 Å². The van der Waals surface area contributed by atoms with Crippen molar-refractivity contribution in [1.82, 2.24) is 4.98 Å². The normalized spacial score (nSPS) is 10.9. The molecule has 0 N–H and O–H groups in total. The van der Waals surface area contributed by atoms with Crippen LogP contribution in [0.3, 0.4) is 0 Å². The number of halogens is 5. The van der Waals surface area contributed by atoms with Crippen molar-refractivity contribution in [2.24, 2.45) is 0 Å². The second-order valence-corrected chi connectivity index (χ2v) is 2.90. The maximum atomic E-state index is 12.8. The molecule has 0 saturated carbocycles. The molecule has 1 nitrogen and oxygen atoms in total. The van der Waals surface area contributed by atoms with E-state index in [0.29, 0.717) is 0 Å². The van der Waals surface area contributed by atoms with Crippen molar-refractivity contribution in [1.29, 1.82) is 0 Å². The Balaban J connectivity index is 3.30. The van der Waals surface area contributed by atoms with Crippen molar-refractivity contribution in [3.63, 3.8) is 0 Å². The lowest BCUT2D eigenvalue weighted by Gasteiger charge is -2.06. The average molecular weight is 230 g/mol. The quantitative estimate of drug-likeness (QED) is 0.559. The van der Waals surface area contributed by atoms with Crippen LogP contribution in [-0.2, 0) is 5.88 Å². The summed E-state index contributed by atoms with van der Waals surface area (Å²) in [7, 11) is 0. The molecule has 0 spiro atoms. The van der Waals surface area contributed by atoms with Gasteiger partial charge in [-0.05, 0) is 11.6 Å². The molecule has 0 radical (unpaired) electrons. The summed E-state index contributed by atoms with van der Waals surface area (Å²) in [6.45, 7) is 0. The van der Waals surface area contributed by atoms with Crippen molar-refractivity contribution in [2.75, 3.05) is 0 Å². The molecule has 0 aliphatic heterocycles. The first kappa shape index (κ1) is 10.6. The minimum absolute atomic E-state index is 0.0332. The van der Waals surface area contributed by atoms with Gasteiger partial charge in [0, 0.05) is 5.88 Å². The Labute approximate surface area is 82.5 Å². The van der Waals surface area contributed by atoms with Crippen LogP contribution in [0.25, 0.3) is 0 Å². The highest BCUT2D eigenvalue weighted by molar-refractivity contribution is 6.29. The molecule has 0 unspecified atom stereocenters. The first-order valence-corrected chi connectivity index (χ1v) is 4.16. The Kier molecular flexibility index (Phi) is 3.39. The van der Waals surface area contributed by atoms with Crippen LogP contribution in [0.1, 0.15) is 17.6 Å². The second-order valence-electron chi connectivity index (χ2n) is 2.24. The molecule has 6 heteroatoms. The van der Waals surface area contributed by atoms with Gasteiger partial charge in [-0.1, -0.05) is 11.6 Å². The van der Waals surface area contributed by atoms with Crippen molar-refractivity contribution in [2.45, 2.75) is 12.3 Å². The van der Waals surface area contributed by atoms with Crippen LogP contribution in [0.2, 0.25) is 5.15 Å². The predicted molar refractivity (Wildman–Crippen MR) is 43.7 cm³/mol. The lowest BCUT2D eigenvalue weighted by molar-refractivity contribution is 0.144. The average Bonchev–Trinajstić information content (AvgIpc) is 2.01. The largest absolute Gasteiger partial charge is 0.268 e. The monoisotopic (exact) mass is 229 g/mol. The fourth-order valence-corrected chi connectivity index (χ4v) is 1.31. The number of hydrogen-bond donors (Lipinski definition) is 0. The smallest absolute Gasteiger partial charge is 0.207 e. The maximum absolute atomic E-state index is 12.8. The van der Waals surface area contributed by atoms with Crippen molar-refractivity contribution < 1.29 is 13.2 Å². The van der Waals surface area contributed by atoms with Gasteiger partial charge in [-0.15, -0.1) is 11.6 Å². The SMILES string of the molecule is Fc1nc(Cl)cc(CCl)c1C(F)F. The second kappa shape index (κ2) is 4.15. The van der Waals surface area contributed by atoms with Gasteiger partial charge in [0.05, 0.1) is 5.56 Å². The van der Waals surface area contributed by atoms with Crippen LogP contribution >= 0.6 is 23.2 Å². The molecule has 0 amide bonds. The molecular weight excluding hydrogens is 226 g/mol. The van der Waals surface area contributed by atoms with Gasteiger partial charge < -0.3 is 0 Å². The molecule has 0 atom stereocenters. The van der Waals surface area contributed by atoms with Crippen LogP contribution in [0.4, 0.5) is 13.2 Å². The summed E-state index contributed by atoms with van der Waals surface area (Å²) in [5.41, 5.74) is -0.812. The zero-order valence-corrected chi connectivity index (χ0v) is 7.71. The molecule has 13 heavy (non-hydrogen) atoms. The van der Waals surface area contributed by atoms with Crippen LogP contribution in [0.5, 0.6) is 0 Å². The lowest BCUT2D eigenvalue weighted by atomic mass is 10.1. The summed E-state index contributed by atoms with van der Waals surface area (Å²) < 4.78 is 37.3. The highest BCUT2D eigenvalue weighted by Crippen LogP contribution is 2.27. The summed E-state index contributed by atoms with van der Waals surface area (Å²) >= 11 is 10.7. The molecule has 1 aromatic heterocycles. The first-order chi connectivity index (χ1) is 6.06. The Morgan fingerprint density at radius 3 is 2.54 bits per heavy atom. The van der Waals surface area contributed by atoms with Gasteiger partial charge >= 0.3 is 0 Å². The van der Waals surface area contributed by atoms with Gasteiger partial charge in [-0.2, -0.15) is 4.39 Å². The predicted octanol–water partition coefficient (Wildman–Crippen LogP) is 3.55. The Morgan fingerprint density at radius 2 is 2.08 bits per heavy atom. The van der Waals surface area contributed by atoms with Crippen molar-refractivity contribution in [3.05, 3.63) is 28.3 Å². The zero-order valence-electron chi connectivity index (χ0n) is 6.20. The lowest BCUT2D eigenvalue weighted by Crippen LogP contribution is -2.00. The van der Waals surface area contributed by atoms with E-state index >= 15 is 0 Å². The molecule has 1 heterocycles. The van der Waals surface area contributed by atoms with Gasteiger partial charge in [0.15, 0.2) is 0 Å². The van der Waals surface area contributed by atoms with Crippen LogP contribution in [-0.4, -0.2) is 4.98 Å². The number of nitrogens with zero attached hydrogens (tertiary/aromatic N) is 1. The van der Waals surface area contributed by atoms with Gasteiger partial charge in [-0.25, -0.2) is 13.8 Å². The molecule has 0 saturated heterocycles. The first-order valence-electron chi connectivity index (χ1n) is 3.25. The molecule has 0 fully saturated rings. The minimum atomic E-state index is -2.93. The molecule has 0 aliphatic rings. The summed E-state index contributed by atoms with van der Waals surface area (Å²) in [4.78, 5) is 3.06. The fraction of sp³-hybridized carbons (Fsp3) is 0.286. The van der Waals surface area contributed by atoms with Gasteiger partial charge in [-0.3, -0.25) is 0 Å². The highest BCUT2D eigenvalue weighted by Gasteiger charge is 2.19. The maximum Gasteiger partial charge on any atom is 0.268 e.